The number of benzene rings is 2. The highest BCUT2D eigenvalue weighted by atomic mass is 16.5. The van der Waals surface area contributed by atoms with E-state index in [1.54, 1.807) is 25.4 Å². The molecular weight excluding hydrogens is 314 g/mol. The van der Waals surface area contributed by atoms with Crippen molar-refractivity contribution in [2.75, 3.05) is 18.6 Å². The van der Waals surface area contributed by atoms with Gasteiger partial charge in [-0.1, -0.05) is 25.1 Å². The summed E-state index contributed by atoms with van der Waals surface area (Å²) >= 11 is 0. The summed E-state index contributed by atoms with van der Waals surface area (Å²) in [6.45, 7) is 3.80. The molecule has 0 aliphatic carbocycles. The van der Waals surface area contributed by atoms with Gasteiger partial charge in [0.15, 0.2) is 0 Å². The van der Waals surface area contributed by atoms with Crippen molar-refractivity contribution in [1.82, 2.24) is 9.97 Å². The van der Waals surface area contributed by atoms with Crippen LogP contribution in [0.15, 0.2) is 53.5 Å². The Labute approximate surface area is 145 Å². The number of anilines is 1. The third-order valence-electron chi connectivity index (χ3n) is 4.68. The second-order valence-corrected chi connectivity index (χ2v) is 6.39. The minimum atomic E-state index is -0.289. The summed E-state index contributed by atoms with van der Waals surface area (Å²) in [5.41, 5.74) is 3.72. The van der Waals surface area contributed by atoms with Crippen LogP contribution in [0.25, 0.3) is 10.9 Å². The fraction of sp³-hybridized carbons (Fsp3) is 0.250. The summed E-state index contributed by atoms with van der Waals surface area (Å²) in [4.78, 5) is 23.3. The van der Waals surface area contributed by atoms with Crippen LogP contribution in [0.2, 0.25) is 0 Å². The van der Waals surface area contributed by atoms with Crippen molar-refractivity contribution in [3.8, 4) is 5.75 Å². The molecule has 1 unspecified atom stereocenters. The Morgan fingerprint density at radius 1 is 1.24 bits per heavy atom. The molecule has 0 amide bonds. The van der Waals surface area contributed by atoms with E-state index in [2.05, 4.69) is 46.1 Å². The Morgan fingerprint density at radius 3 is 2.92 bits per heavy atom. The van der Waals surface area contributed by atoms with Gasteiger partial charge in [-0.15, -0.1) is 0 Å². The van der Waals surface area contributed by atoms with E-state index in [1.807, 2.05) is 6.07 Å². The Morgan fingerprint density at radius 2 is 2.08 bits per heavy atom. The monoisotopic (exact) mass is 333 g/mol. The number of aromatic nitrogens is 2. The molecule has 0 N–H and O–H groups in total. The van der Waals surface area contributed by atoms with E-state index in [0.29, 0.717) is 29.1 Å². The van der Waals surface area contributed by atoms with Crippen molar-refractivity contribution < 1.29 is 4.74 Å². The lowest BCUT2D eigenvalue weighted by molar-refractivity contribution is 0.415. The van der Waals surface area contributed by atoms with Crippen LogP contribution >= 0.6 is 0 Å². The normalized spacial score (nSPS) is 16.1. The summed E-state index contributed by atoms with van der Waals surface area (Å²) in [5.74, 6) is 1.11. The SMILES string of the molecule is COc1ccc2nc(CN3CC(C)c4ccccc43)cnc(=O)c2c1. The van der Waals surface area contributed by atoms with Gasteiger partial charge < -0.3 is 9.64 Å². The average Bonchev–Trinajstić information content (AvgIpc) is 2.86. The molecular formula is C20H19N3O2. The first-order valence-electron chi connectivity index (χ1n) is 8.33. The van der Waals surface area contributed by atoms with Crippen LogP contribution in [0, 0.1) is 0 Å². The zero-order valence-electron chi connectivity index (χ0n) is 14.3. The highest BCUT2D eigenvalue weighted by Crippen LogP contribution is 2.36. The van der Waals surface area contributed by atoms with Gasteiger partial charge in [-0.05, 0) is 29.8 Å². The number of fused-ring (bicyclic) bond motifs is 2. The lowest BCUT2D eigenvalue weighted by Crippen LogP contribution is -2.21. The standard InChI is InChI=1S/C20H19N3O2/c1-13-11-23(19-6-4-3-5-16(13)19)12-14-10-21-20(24)17-9-15(25-2)7-8-18(17)22-14/h3-10,13H,11-12H2,1-2H3. The zero-order chi connectivity index (χ0) is 17.4. The van der Waals surface area contributed by atoms with Gasteiger partial charge in [-0.2, -0.15) is 0 Å². The molecule has 1 aliphatic heterocycles. The number of hydrogen-bond acceptors (Lipinski definition) is 5. The number of ether oxygens (including phenoxy) is 1. The molecule has 0 saturated carbocycles. The molecule has 0 radical (unpaired) electrons. The maximum atomic E-state index is 12.3. The van der Waals surface area contributed by atoms with Gasteiger partial charge >= 0.3 is 0 Å². The lowest BCUT2D eigenvalue weighted by Gasteiger charge is -2.18. The van der Waals surface area contributed by atoms with Crippen LogP contribution in [0.1, 0.15) is 24.1 Å². The van der Waals surface area contributed by atoms with Crippen molar-refractivity contribution in [3.05, 3.63) is 70.3 Å². The fourth-order valence-corrected chi connectivity index (χ4v) is 3.44. The van der Waals surface area contributed by atoms with Gasteiger partial charge in [0.25, 0.3) is 5.56 Å². The number of hydrogen-bond donors (Lipinski definition) is 0. The van der Waals surface area contributed by atoms with Crippen molar-refractivity contribution in [2.45, 2.75) is 19.4 Å². The van der Waals surface area contributed by atoms with Gasteiger partial charge in [-0.25, -0.2) is 9.97 Å². The van der Waals surface area contributed by atoms with Crippen LogP contribution in [0.3, 0.4) is 0 Å². The minimum absolute atomic E-state index is 0.289. The molecule has 2 heterocycles. The highest BCUT2D eigenvalue weighted by molar-refractivity contribution is 5.78. The summed E-state index contributed by atoms with van der Waals surface area (Å²) in [7, 11) is 1.58. The number of nitrogens with zero attached hydrogens (tertiary/aromatic N) is 3. The Hall–Kier alpha value is -2.95. The van der Waals surface area contributed by atoms with Gasteiger partial charge in [0, 0.05) is 18.2 Å². The van der Waals surface area contributed by atoms with E-state index in [-0.39, 0.29) is 5.56 Å². The van der Waals surface area contributed by atoms with Crippen molar-refractivity contribution in [1.29, 1.82) is 0 Å². The molecule has 5 heteroatoms. The van der Waals surface area contributed by atoms with Crippen LogP contribution in [0.4, 0.5) is 5.69 Å². The number of methoxy groups -OCH3 is 1. The molecule has 126 valence electrons. The average molecular weight is 333 g/mol. The maximum absolute atomic E-state index is 12.3. The summed E-state index contributed by atoms with van der Waals surface area (Å²) in [6, 6.07) is 13.7. The number of para-hydroxylation sites is 1. The quantitative estimate of drug-likeness (QED) is 0.737. The predicted octanol–water partition coefficient (Wildman–Crippen LogP) is 3.12. The van der Waals surface area contributed by atoms with E-state index in [0.717, 1.165) is 12.2 Å². The van der Waals surface area contributed by atoms with Gasteiger partial charge in [0.2, 0.25) is 0 Å². The van der Waals surface area contributed by atoms with Crippen LogP contribution in [0.5, 0.6) is 5.75 Å². The summed E-state index contributed by atoms with van der Waals surface area (Å²) in [6.07, 6.45) is 1.58. The second kappa shape index (κ2) is 6.16. The first-order chi connectivity index (χ1) is 12.2. The molecule has 0 saturated heterocycles. The van der Waals surface area contributed by atoms with Gasteiger partial charge in [0.1, 0.15) is 5.75 Å². The van der Waals surface area contributed by atoms with Crippen molar-refractivity contribution in [2.24, 2.45) is 0 Å². The Bertz CT molecular complexity index is 1000. The van der Waals surface area contributed by atoms with Crippen molar-refractivity contribution in [3.63, 3.8) is 0 Å². The fourth-order valence-electron chi connectivity index (χ4n) is 3.44. The lowest BCUT2D eigenvalue weighted by atomic mass is 10.0. The zero-order valence-corrected chi connectivity index (χ0v) is 14.3. The highest BCUT2D eigenvalue weighted by Gasteiger charge is 2.25. The molecule has 4 rings (SSSR count). The molecule has 2 aromatic carbocycles. The Kier molecular flexibility index (Phi) is 3.84. The minimum Gasteiger partial charge on any atom is -0.497 e. The summed E-state index contributed by atoms with van der Waals surface area (Å²) < 4.78 is 5.19. The van der Waals surface area contributed by atoms with Crippen LogP contribution < -0.4 is 15.2 Å². The molecule has 0 spiro atoms. The molecule has 0 fully saturated rings. The third kappa shape index (κ3) is 2.82. The summed E-state index contributed by atoms with van der Waals surface area (Å²) in [5, 5.41) is 0.473. The largest absolute Gasteiger partial charge is 0.497 e. The molecule has 5 nitrogen and oxygen atoms in total. The van der Waals surface area contributed by atoms with Gasteiger partial charge in [-0.3, -0.25) is 4.79 Å². The van der Waals surface area contributed by atoms with E-state index < -0.39 is 0 Å². The molecule has 1 aliphatic rings. The molecule has 0 bridgehead atoms. The van der Waals surface area contributed by atoms with Crippen LogP contribution in [-0.2, 0) is 6.54 Å². The molecule has 25 heavy (non-hydrogen) atoms. The Balaban J connectivity index is 1.74. The van der Waals surface area contributed by atoms with Crippen molar-refractivity contribution >= 4 is 16.6 Å². The molecule has 3 aromatic rings. The van der Waals surface area contributed by atoms with E-state index in [9.17, 15) is 4.79 Å². The second-order valence-electron chi connectivity index (χ2n) is 6.39. The number of rotatable bonds is 3. The topological polar surface area (TPSA) is 55.3 Å². The maximum Gasteiger partial charge on any atom is 0.279 e. The molecule has 1 aromatic heterocycles. The predicted molar refractivity (Wildman–Crippen MR) is 98.3 cm³/mol. The molecule has 1 atom stereocenters. The van der Waals surface area contributed by atoms with E-state index in [4.69, 9.17) is 4.74 Å². The smallest absolute Gasteiger partial charge is 0.279 e. The van der Waals surface area contributed by atoms with E-state index >= 15 is 0 Å². The first kappa shape index (κ1) is 15.6. The first-order valence-corrected chi connectivity index (χ1v) is 8.33. The van der Waals surface area contributed by atoms with Gasteiger partial charge in [0.05, 0.1) is 36.4 Å². The van der Waals surface area contributed by atoms with E-state index in [1.165, 1.54) is 11.3 Å². The third-order valence-corrected chi connectivity index (χ3v) is 4.68. The van der Waals surface area contributed by atoms with Crippen LogP contribution in [-0.4, -0.2) is 23.6 Å².